The van der Waals surface area contributed by atoms with Crippen LogP contribution in [0.2, 0.25) is 0 Å². The maximum Gasteiger partial charge on any atom is 0.242 e. The fourth-order valence-electron chi connectivity index (χ4n) is 1.47. The molecule has 0 aliphatic carbocycles. The van der Waals surface area contributed by atoms with E-state index in [9.17, 15) is 10.0 Å². The molecule has 0 bridgehead atoms. The zero-order valence-corrected chi connectivity index (χ0v) is 8.38. The average molecular weight is 213 g/mol. The van der Waals surface area contributed by atoms with Gasteiger partial charge < -0.3 is 10.7 Å². The fraction of sp³-hybridized carbons (Fsp3) is 0. The van der Waals surface area contributed by atoms with Crippen LogP contribution in [0.15, 0.2) is 48.7 Å². The monoisotopic (exact) mass is 213 g/mol. The van der Waals surface area contributed by atoms with Crippen LogP contribution < -0.4 is 5.48 Å². The summed E-state index contributed by atoms with van der Waals surface area (Å²) in [6, 6.07) is 12.4. The molecule has 0 spiro atoms. The molecule has 0 saturated heterocycles. The number of benzene rings is 1. The van der Waals surface area contributed by atoms with Crippen LogP contribution in [-0.4, -0.2) is 10.9 Å². The lowest BCUT2D eigenvalue weighted by molar-refractivity contribution is 0.0970. The van der Waals surface area contributed by atoms with E-state index < -0.39 is 5.91 Å². The second-order valence-corrected chi connectivity index (χ2v) is 3.20. The quantitative estimate of drug-likeness (QED) is 0.775. The molecule has 16 heavy (non-hydrogen) atoms. The Morgan fingerprint density at radius 2 is 1.88 bits per heavy atom. The Kier molecular flexibility index (Phi) is 2.93. The van der Waals surface area contributed by atoms with Crippen molar-refractivity contribution in [3.63, 3.8) is 0 Å². The van der Waals surface area contributed by atoms with Crippen LogP contribution in [-0.2, 0) is 0 Å². The van der Waals surface area contributed by atoms with Gasteiger partial charge in [-0.15, -0.1) is 0 Å². The number of pyridine rings is 1. The third-order valence-corrected chi connectivity index (χ3v) is 2.19. The second-order valence-electron chi connectivity index (χ2n) is 3.20. The van der Waals surface area contributed by atoms with E-state index in [1.807, 2.05) is 30.3 Å². The van der Waals surface area contributed by atoms with Crippen molar-refractivity contribution in [2.45, 2.75) is 0 Å². The molecule has 1 amide bonds. The van der Waals surface area contributed by atoms with Gasteiger partial charge in [-0.2, -0.15) is 0 Å². The third-order valence-electron chi connectivity index (χ3n) is 2.19. The number of carbonyl (C=O) groups is 1. The van der Waals surface area contributed by atoms with Crippen molar-refractivity contribution < 1.29 is 4.79 Å². The molecule has 4 nitrogen and oxygen atoms in total. The van der Waals surface area contributed by atoms with Crippen LogP contribution >= 0.6 is 0 Å². The summed E-state index contributed by atoms with van der Waals surface area (Å²) in [5.74, 6) is -0.674. The summed E-state index contributed by atoms with van der Waals surface area (Å²) in [5, 5.41) is 10.4. The second kappa shape index (κ2) is 4.55. The molecular formula is C12H9N2O2-. The SMILES string of the molecule is O=C(N[O-])c1cccnc1-c1ccccc1. The number of amides is 1. The Morgan fingerprint density at radius 3 is 2.56 bits per heavy atom. The highest BCUT2D eigenvalue weighted by Gasteiger charge is 2.10. The number of nitrogens with one attached hydrogen (secondary N) is 1. The number of carbonyl (C=O) groups excluding carboxylic acids is 1. The first-order valence-electron chi connectivity index (χ1n) is 4.76. The number of aromatic nitrogens is 1. The van der Waals surface area contributed by atoms with E-state index in [0.29, 0.717) is 5.69 Å². The highest BCUT2D eigenvalue weighted by Crippen LogP contribution is 2.20. The third kappa shape index (κ3) is 1.92. The predicted molar refractivity (Wildman–Crippen MR) is 60.5 cm³/mol. The van der Waals surface area contributed by atoms with Gasteiger partial charge in [-0.1, -0.05) is 30.3 Å². The van der Waals surface area contributed by atoms with Crippen LogP contribution in [0.5, 0.6) is 0 Å². The molecule has 0 aliphatic heterocycles. The summed E-state index contributed by atoms with van der Waals surface area (Å²) < 4.78 is 0. The minimum Gasteiger partial charge on any atom is -0.759 e. The van der Waals surface area contributed by atoms with Gasteiger partial charge in [0, 0.05) is 11.8 Å². The maximum absolute atomic E-state index is 11.3. The van der Waals surface area contributed by atoms with Gasteiger partial charge in [0.25, 0.3) is 0 Å². The summed E-state index contributed by atoms with van der Waals surface area (Å²) >= 11 is 0. The fourth-order valence-corrected chi connectivity index (χ4v) is 1.47. The van der Waals surface area contributed by atoms with Crippen molar-refractivity contribution in [3.8, 4) is 11.3 Å². The van der Waals surface area contributed by atoms with Crippen molar-refractivity contribution >= 4 is 5.91 Å². The van der Waals surface area contributed by atoms with Crippen molar-refractivity contribution in [2.75, 3.05) is 0 Å². The Hall–Kier alpha value is -2.20. The summed E-state index contributed by atoms with van der Waals surface area (Å²) in [4.78, 5) is 15.5. The van der Waals surface area contributed by atoms with Crippen LogP contribution in [0.3, 0.4) is 0 Å². The molecule has 0 fully saturated rings. The number of nitrogens with zero attached hydrogens (tertiary/aromatic N) is 1. The normalized spacial score (nSPS) is 9.81. The molecule has 0 atom stereocenters. The average Bonchev–Trinajstić information content (AvgIpc) is 2.39. The molecular weight excluding hydrogens is 204 g/mol. The van der Waals surface area contributed by atoms with Crippen molar-refractivity contribution in [1.29, 1.82) is 0 Å². The highest BCUT2D eigenvalue weighted by atomic mass is 16.5. The molecule has 0 unspecified atom stereocenters. The highest BCUT2D eigenvalue weighted by molar-refractivity contribution is 5.99. The van der Waals surface area contributed by atoms with E-state index in [2.05, 4.69) is 4.98 Å². The number of hydroxylamine groups is 1. The summed E-state index contributed by atoms with van der Waals surface area (Å²) in [6.45, 7) is 0. The standard InChI is InChI=1S/C12H9N2O2/c15-12(14-16)10-7-4-8-13-11(10)9-5-2-1-3-6-9/h1-8H,(H-,14,15,16)/q-1. The van der Waals surface area contributed by atoms with E-state index in [0.717, 1.165) is 5.56 Å². The van der Waals surface area contributed by atoms with Gasteiger partial charge in [0.1, 0.15) is 0 Å². The van der Waals surface area contributed by atoms with Crippen LogP contribution in [0.4, 0.5) is 0 Å². The van der Waals surface area contributed by atoms with E-state index in [-0.39, 0.29) is 5.56 Å². The van der Waals surface area contributed by atoms with E-state index >= 15 is 0 Å². The maximum atomic E-state index is 11.3. The minimum absolute atomic E-state index is 0.281. The predicted octanol–water partition coefficient (Wildman–Crippen LogP) is 1.98. The van der Waals surface area contributed by atoms with Gasteiger partial charge >= 0.3 is 0 Å². The first-order valence-corrected chi connectivity index (χ1v) is 4.76. The topological polar surface area (TPSA) is 65.0 Å². The summed E-state index contributed by atoms with van der Waals surface area (Å²) in [6.07, 6.45) is 1.59. The van der Waals surface area contributed by atoms with Gasteiger partial charge in [0.2, 0.25) is 5.91 Å². The number of hydrogen-bond donors (Lipinski definition) is 1. The summed E-state index contributed by atoms with van der Waals surface area (Å²) in [5.41, 5.74) is 2.96. The molecule has 4 heteroatoms. The van der Waals surface area contributed by atoms with Crippen molar-refractivity contribution in [2.24, 2.45) is 0 Å². The Bertz CT molecular complexity index is 497. The minimum atomic E-state index is -0.674. The van der Waals surface area contributed by atoms with Crippen LogP contribution in [0.25, 0.3) is 11.3 Å². The number of rotatable bonds is 2. The van der Waals surface area contributed by atoms with Gasteiger partial charge in [-0.3, -0.25) is 9.78 Å². The zero-order chi connectivity index (χ0) is 11.4. The van der Waals surface area contributed by atoms with E-state index in [1.54, 1.807) is 18.3 Å². The lowest BCUT2D eigenvalue weighted by Gasteiger charge is -2.10. The van der Waals surface area contributed by atoms with E-state index in [4.69, 9.17) is 0 Å². The van der Waals surface area contributed by atoms with Gasteiger partial charge in [-0.25, -0.2) is 0 Å². The molecule has 80 valence electrons. The Labute approximate surface area is 92.5 Å². The molecule has 2 rings (SSSR count). The van der Waals surface area contributed by atoms with Crippen molar-refractivity contribution in [3.05, 3.63) is 59.4 Å². The largest absolute Gasteiger partial charge is 0.759 e. The van der Waals surface area contributed by atoms with Gasteiger partial charge in [0.15, 0.2) is 0 Å². The zero-order valence-electron chi connectivity index (χ0n) is 8.38. The van der Waals surface area contributed by atoms with Crippen LogP contribution in [0, 0.1) is 5.21 Å². The van der Waals surface area contributed by atoms with Crippen LogP contribution in [0.1, 0.15) is 10.4 Å². The molecule has 0 radical (unpaired) electrons. The molecule has 1 N–H and O–H groups in total. The number of hydrogen-bond acceptors (Lipinski definition) is 3. The molecule has 1 aromatic carbocycles. The molecule has 2 aromatic rings. The summed E-state index contributed by atoms with van der Waals surface area (Å²) in [7, 11) is 0. The first kappa shape index (κ1) is 10.3. The molecule has 1 aromatic heterocycles. The van der Waals surface area contributed by atoms with Gasteiger partial charge in [0.05, 0.1) is 11.3 Å². The molecule has 0 aliphatic rings. The first-order chi connectivity index (χ1) is 7.83. The molecule has 0 saturated carbocycles. The smallest absolute Gasteiger partial charge is 0.242 e. The van der Waals surface area contributed by atoms with E-state index in [1.165, 1.54) is 5.48 Å². The Morgan fingerprint density at radius 1 is 1.12 bits per heavy atom. The lowest BCUT2D eigenvalue weighted by atomic mass is 10.1. The van der Waals surface area contributed by atoms with Crippen molar-refractivity contribution in [1.82, 2.24) is 10.5 Å². The lowest BCUT2D eigenvalue weighted by Crippen LogP contribution is -2.17. The Balaban J connectivity index is 2.53. The van der Waals surface area contributed by atoms with Gasteiger partial charge in [-0.05, 0) is 12.1 Å². The molecule has 1 heterocycles.